The molecule has 0 aliphatic rings. The number of ether oxygens (including phenoxy) is 2. The predicted octanol–water partition coefficient (Wildman–Crippen LogP) is 2.40. The fraction of sp³-hybridized carbons (Fsp3) is 0.278. The van der Waals surface area contributed by atoms with Gasteiger partial charge in [0, 0.05) is 17.8 Å². The van der Waals surface area contributed by atoms with E-state index in [1.165, 1.54) is 7.11 Å². The molecule has 1 atom stereocenters. The predicted molar refractivity (Wildman–Crippen MR) is 88.2 cm³/mol. The van der Waals surface area contributed by atoms with Crippen LogP contribution < -0.4 is 5.32 Å². The average molecular weight is 328 g/mol. The molecule has 24 heavy (non-hydrogen) atoms. The maximum Gasteiger partial charge on any atom is 0.408 e. The molecular formula is C18H20N2O4. The number of hydrogen-bond donors (Lipinski definition) is 1. The molecule has 0 spiro atoms. The number of carbonyl (C=O) groups excluding carboxylic acids is 2. The molecule has 2 aromatic rings. The maximum atomic E-state index is 11.9. The monoisotopic (exact) mass is 328 g/mol. The summed E-state index contributed by atoms with van der Waals surface area (Å²) >= 11 is 0. The van der Waals surface area contributed by atoms with Crippen LogP contribution in [0.5, 0.6) is 0 Å². The fourth-order valence-corrected chi connectivity index (χ4v) is 2.16. The van der Waals surface area contributed by atoms with Gasteiger partial charge in [0.1, 0.15) is 12.6 Å². The molecule has 1 amide bonds. The summed E-state index contributed by atoms with van der Waals surface area (Å²) in [5.41, 5.74) is 2.39. The number of alkyl carbamates (subject to hydrolysis) is 1. The van der Waals surface area contributed by atoms with Gasteiger partial charge in [0.25, 0.3) is 0 Å². The van der Waals surface area contributed by atoms with Gasteiger partial charge in [-0.3, -0.25) is 4.98 Å². The molecular weight excluding hydrogens is 308 g/mol. The van der Waals surface area contributed by atoms with Gasteiger partial charge in [0.15, 0.2) is 0 Å². The van der Waals surface area contributed by atoms with Crippen LogP contribution in [0.15, 0.2) is 48.5 Å². The molecule has 0 saturated carbocycles. The highest BCUT2D eigenvalue weighted by atomic mass is 16.6. The number of methoxy groups -OCH3 is 1. The van der Waals surface area contributed by atoms with Crippen molar-refractivity contribution in [3.63, 3.8) is 0 Å². The Labute approximate surface area is 140 Å². The second kappa shape index (κ2) is 8.67. The third kappa shape index (κ3) is 5.39. The minimum atomic E-state index is -0.854. The van der Waals surface area contributed by atoms with E-state index in [9.17, 15) is 9.59 Å². The summed E-state index contributed by atoms with van der Waals surface area (Å²) in [6.07, 6.45) is -0.448. The zero-order valence-corrected chi connectivity index (χ0v) is 13.7. The Balaban J connectivity index is 1.95. The van der Waals surface area contributed by atoms with Crippen LogP contribution in [0.2, 0.25) is 0 Å². The lowest BCUT2D eigenvalue weighted by molar-refractivity contribution is -0.143. The van der Waals surface area contributed by atoms with E-state index in [0.717, 1.165) is 11.3 Å². The smallest absolute Gasteiger partial charge is 0.408 e. The number of pyridine rings is 1. The van der Waals surface area contributed by atoms with Crippen LogP contribution in [0, 0.1) is 6.92 Å². The van der Waals surface area contributed by atoms with Crippen molar-refractivity contribution < 1.29 is 19.1 Å². The van der Waals surface area contributed by atoms with Gasteiger partial charge in [0.05, 0.1) is 7.11 Å². The number of nitrogens with one attached hydrogen (secondary N) is 1. The average Bonchev–Trinajstić information content (AvgIpc) is 2.59. The largest absolute Gasteiger partial charge is 0.467 e. The Bertz CT molecular complexity index is 688. The second-order valence-electron chi connectivity index (χ2n) is 5.26. The Morgan fingerprint density at radius 2 is 1.88 bits per heavy atom. The van der Waals surface area contributed by atoms with E-state index in [0.29, 0.717) is 5.69 Å². The number of aromatic nitrogens is 1. The minimum absolute atomic E-state index is 0.128. The Hall–Kier alpha value is -2.89. The normalized spacial score (nSPS) is 11.4. The van der Waals surface area contributed by atoms with E-state index < -0.39 is 18.1 Å². The molecule has 2 rings (SSSR count). The Morgan fingerprint density at radius 3 is 2.54 bits per heavy atom. The molecule has 0 saturated heterocycles. The summed E-state index contributed by atoms with van der Waals surface area (Å²) in [5, 5.41) is 2.53. The lowest BCUT2D eigenvalue weighted by atomic mass is 10.1. The van der Waals surface area contributed by atoms with Crippen LogP contribution in [-0.4, -0.2) is 30.2 Å². The lowest BCUT2D eigenvalue weighted by Gasteiger charge is -2.16. The summed E-state index contributed by atoms with van der Waals surface area (Å²) in [4.78, 5) is 28.2. The van der Waals surface area contributed by atoms with E-state index >= 15 is 0 Å². The molecule has 1 N–H and O–H groups in total. The number of rotatable bonds is 6. The van der Waals surface area contributed by atoms with Crippen molar-refractivity contribution in [2.24, 2.45) is 0 Å². The second-order valence-corrected chi connectivity index (χ2v) is 5.26. The number of amides is 1. The van der Waals surface area contributed by atoms with E-state index in [-0.39, 0.29) is 13.0 Å². The summed E-state index contributed by atoms with van der Waals surface area (Å²) < 4.78 is 9.88. The number of benzene rings is 1. The number of aryl methyl sites for hydroxylation is 1. The van der Waals surface area contributed by atoms with E-state index in [2.05, 4.69) is 10.3 Å². The van der Waals surface area contributed by atoms with Crippen LogP contribution in [0.25, 0.3) is 0 Å². The molecule has 0 aliphatic heterocycles. The van der Waals surface area contributed by atoms with Gasteiger partial charge in [-0.15, -0.1) is 0 Å². The van der Waals surface area contributed by atoms with Crippen molar-refractivity contribution in [3.05, 3.63) is 65.5 Å². The Kier molecular flexibility index (Phi) is 6.31. The molecule has 1 heterocycles. The molecule has 0 radical (unpaired) electrons. The van der Waals surface area contributed by atoms with Crippen LogP contribution >= 0.6 is 0 Å². The zero-order valence-electron chi connectivity index (χ0n) is 13.7. The van der Waals surface area contributed by atoms with Crippen molar-refractivity contribution in [2.45, 2.75) is 26.0 Å². The molecule has 0 bridgehead atoms. The fourth-order valence-electron chi connectivity index (χ4n) is 2.16. The first-order valence-corrected chi connectivity index (χ1v) is 7.56. The zero-order chi connectivity index (χ0) is 17.4. The number of esters is 1. The number of carbonyl (C=O) groups is 2. The highest BCUT2D eigenvalue weighted by Crippen LogP contribution is 2.05. The summed E-state index contributed by atoms with van der Waals surface area (Å²) in [5.74, 6) is -0.546. The molecule has 0 unspecified atom stereocenters. The van der Waals surface area contributed by atoms with Gasteiger partial charge in [-0.05, 0) is 24.6 Å². The third-order valence-corrected chi connectivity index (χ3v) is 3.35. The molecule has 0 fully saturated rings. The molecule has 1 aromatic carbocycles. The molecule has 126 valence electrons. The van der Waals surface area contributed by atoms with Gasteiger partial charge in [-0.2, -0.15) is 0 Å². The van der Waals surface area contributed by atoms with Gasteiger partial charge < -0.3 is 14.8 Å². The molecule has 6 heteroatoms. The summed E-state index contributed by atoms with van der Waals surface area (Å²) in [6.45, 7) is 1.99. The molecule has 6 nitrogen and oxygen atoms in total. The van der Waals surface area contributed by atoms with Crippen molar-refractivity contribution in [1.82, 2.24) is 10.3 Å². The highest BCUT2D eigenvalue weighted by molar-refractivity contribution is 5.81. The first-order chi connectivity index (χ1) is 11.6. The number of hydrogen-bond acceptors (Lipinski definition) is 5. The first-order valence-electron chi connectivity index (χ1n) is 7.56. The van der Waals surface area contributed by atoms with Crippen LogP contribution in [-0.2, 0) is 27.3 Å². The van der Waals surface area contributed by atoms with E-state index in [4.69, 9.17) is 9.47 Å². The van der Waals surface area contributed by atoms with Gasteiger partial charge in [-0.25, -0.2) is 9.59 Å². The lowest BCUT2D eigenvalue weighted by Crippen LogP contribution is -2.43. The van der Waals surface area contributed by atoms with Gasteiger partial charge in [-0.1, -0.05) is 36.4 Å². The standard InChI is InChI=1S/C18H20N2O4/c1-13-7-6-10-15(19-13)11-16(17(21)23-2)20-18(22)24-12-14-8-4-3-5-9-14/h3-10,16H,11-12H2,1-2H3,(H,20,22)/t16-/m0/s1. The van der Waals surface area contributed by atoms with Crippen molar-refractivity contribution in [3.8, 4) is 0 Å². The van der Waals surface area contributed by atoms with Crippen molar-refractivity contribution in [2.75, 3.05) is 7.11 Å². The van der Waals surface area contributed by atoms with Crippen molar-refractivity contribution in [1.29, 1.82) is 0 Å². The van der Waals surface area contributed by atoms with Crippen LogP contribution in [0.3, 0.4) is 0 Å². The quantitative estimate of drug-likeness (QED) is 0.824. The van der Waals surface area contributed by atoms with Crippen LogP contribution in [0.4, 0.5) is 4.79 Å². The Morgan fingerprint density at radius 1 is 1.12 bits per heavy atom. The topological polar surface area (TPSA) is 77.5 Å². The number of nitrogens with zero attached hydrogens (tertiary/aromatic N) is 1. The van der Waals surface area contributed by atoms with Crippen molar-refractivity contribution >= 4 is 12.1 Å². The van der Waals surface area contributed by atoms with Gasteiger partial charge in [0.2, 0.25) is 0 Å². The first kappa shape index (κ1) is 17.5. The van der Waals surface area contributed by atoms with Gasteiger partial charge >= 0.3 is 12.1 Å². The third-order valence-electron chi connectivity index (χ3n) is 3.35. The van der Waals surface area contributed by atoms with E-state index in [1.807, 2.05) is 49.4 Å². The van der Waals surface area contributed by atoms with Crippen LogP contribution in [0.1, 0.15) is 17.0 Å². The summed E-state index contributed by atoms with van der Waals surface area (Å²) in [7, 11) is 1.27. The van der Waals surface area contributed by atoms with E-state index in [1.54, 1.807) is 6.07 Å². The highest BCUT2D eigenvalue weighted by Gasteiger charge is 2.23. The SMILES string of the molecule is COC(=O)[C@H](Cc1cccc(C)n1)NC(=O)OCc1ccccc1. The maximum absolute atomic E-state index is 11.9. The molecule has 1 aromatic heterocycles. The minimum Gasteiger partial charge on any atom is -0.467 e. The molecule has 0 aliphatic carbocycles. The summed E-state index contributed by atoms with van der Waals surface area (Å²) in [6, 6.07) is 13.9.